The van der Waals surface area contributed by atoms with Crippen molar-refractivity contribution in [3.8, 4) is 0 Å². The summed E-state index contributed by atoms with van der Waals surface area (Å²) in [5.74, 6) is 2.46. The molecule has 2 heterocycles. The minimum atomic E-state index is -3.22. The molecule has 154 valence electrons. The van der Waals surface area contributed by atoms with Crippen molar-refractivity contribution in [3.63, 3.8) is 0 Å². The third-order valence-corrected chi connectivity index (χ3v) is 7.48. The van der Waals surface area contributed by atoms with Crippen LogP contribution in [0.15, 0.2) is 35.5 Å². The van der Waals surface area contributed by atoms with Crippen molar-refractivity contribution in [2.24, 2.45) is 4.99 Å². The highest BCUT2D eigenvalue weighted by molar-refractivity contribution is 7.99. The number of H-pyrrole nitrogens is 1. The molecule has 1 fully saturated rings. The summed E-state index contributed by atoms with van der Waals surface area (Å²) in [6, 6.07) is 8.25. The van der Waals surface area contributed by atoms with Gasteiger partial charge in [-0.25, -0.2) is 12.7 Å². The molecule has 1 aliphatic rings. The van der Waals surface area contributed by atoms with Gasteiger partial charge in [0.2, 0.25) is 10.0 Å². The zero-order valence-electron chi connectivity index (χ0n) is 16.3. The molecule has 0 bridgehead atoms. The number of hydrogen-bond donors (Lipinski definition) is 3. The topological polar surface area (TPSA) is 89.6 Å². The lowest BCUT2D eigenvalue weighted by atomic mass is 10.1. The highest BCUT2D eigenvalue weighted by Gasteiger charge is 2.23. The highest BCUT2D eigenvalue weighted by Crippen LogP contribution is 2.17. The number of sulfonamides is 1. The average molecular weight is 424 g/mol. The molecule has 3 N–H and O–H groups in total. The van der Waals surface area contributed by atoms with Crippen molar-refractivity contribution >= 4 is 38.6 Å². The Kier molecular flexibility index (Phi) is 7.64. The molecule has 0 radical (unpaired) electrons. The van der Waals surface area contributed by atoms with Crippen molar-refractivity contribution in [3.05, 3.63) is 36.0 Å². The second kappa shape index (κ2) is 10.2. The molecule has 28 heavy (non-hydrogen) atoms. The lowest BCUT2D eigenvalue weighted by Crippen LogP contribution is -2.41. The number of aromatic amines is 1. The van der Waals surface area contributed by atoms with E-state index in [4.69, 9.17) is 0 Å². The Bertz CT molecular complexity index is 889. The molecule has 1 aromatic heterocycles. The van der Waals surface area contributed by atoms with Crippen LogP contribution in [0.2, 0.25) is 0 Å². The van der Waals surface area contributed by atoms with Gasteiger partial charge in [0.15, 0.2) is 5.96 Å². The summed E-state index contributed by atoms with van der Waals surface area (Å²) in [6.45, 7) is 4.94. The third-order valence-electron chi connectivity index (χ3n) is 4.69. The number of nitrogens with one attached hydrogen (secondary N) is 3. The van der Waals surface area contributed by atoms with Crippen molar-refractivity contribution in [2.45, 2.75) is 13.3 Å². The molecular formula is C19H29N5O2S2. The Morgan fingerprint density at radius 2 is 2.04 bits per heavy atom. The first kappa shape index (κ1) is 21.0. The van der Waals surface area contributed by atoms with E-state index in [1.807, 2.05) is 25.3 Å². The minimum absolute atomic E-state index is 0.0523. The molecule has 7 nitrogen and oxygen atoms in total. The lowest BCUT2D eigenvalue weighted by Gasteiger charge is -2.25. The van der Waals surface area contributed by atoms with Gasteiger partial charge in [0, 0.05) is 54.8 Å². The van der Waals surface area contributed by atoms with E-state index in [2.05, 4.69) is 32.7 Å². The van der Waals surface area contributed by atoms with Crippen LogP contribution in [0.3, 0.4) is 0 Å². The highest BCUT2D eigenvalue weighted by atomic mass is 32.2. The number of guanidine groups is 1. The molecule has 0 saturated carbocycles. The van der Waals surface area contributed by atoms with Gasteiger partial charge in [0.1, 0.15) is 0 Å². The van der Waals surface area contributed by atoms with E-state index in [-0.39, 0.29) is 12.3 Å². The van der Waals surface area contributed by atoms with Gasteiger partial charge in [0.25, 0.3) is 0 Å². The lowest BCUT2D eigenvalue weighted by molar-refractivity contribution is 0.444. The summed E-state index contributed by atoms with van der Waals surface area (Å²) in [5, 5.41) is 7.72. The molecule has 0 spiro atoms. The normalized spacial score (nSPS) is 16.4. The quantitative estimate of drug-likeness (QED) is 0.444. The van der Waals surface area contributed by atoms with Gasteiger partial charge in [-0.2, -0.15) is 11.8 Å². The van der Waals surface area contributed by atoms with Gasteiger partial charge < -0.3 is 15.6 Å². The van der Waals surface area contributed by atoms with E-state index in [9.17, 15) is 8.42 Å². The zero-order chi connectivity index (χ0) is 19.8. The van der Waals surface area contributed by atoms with Crippen LogP contribution in [0.4, 0.5) is 0 Å². The van der Waals surface area contributed by atoms with Crippen molar-refractivity contribution < 1.29 is 8.42 Å². The molecule has 3 rings (SSSR count). The van der Waals surface area contributed by atoms with Crippen LogP contribution in [0.25, 0.3) is 10.9 Å². The fraction of sp³-hybridized carbons (Fsp3) is 0.526. The monoisotopic (exact) mass is 423 g/mol. The maximum Gasteiger partial charge on any atom is 0.215 e. The van der Waals surface area contributed by atoms with Crippen LogP contribution in [0.5, 0.6) is 0 Å². The van der Waals surface area contributed by atoms with E-state index in [1.54, 1.807) is 16.1 Å². The Morgan fingerprint density at radius 1 is 1.25 bits per heavy atom. The maximum atomic E-state index is 12.4. The van der Waals surface area contributed by atoms with Gasteiger partial charge >= 0.3 is 0 Å². The second-order valence-corrected chi connectivity index (χ2v) is 9.94. The van der Waals surface area contributed by atoms with Gasteiger partial charge in [0.05, 0.1) is 12.3 Å². The molecule has 1 aliphatic heterocycles. The molecule has 0 unspecified atom stereocenters. The zero-order valence-corrected chi connectivity index (χ0v) is 17.9. The number of nitrogens with zero attached hydrogens (tertiary/aromatic N) is 2. The predicted octanol–water partition coefficient (Wildman–Crippen LogP) is 1.64. The molecule has 9 heteroatoms. The van der Waals surface area contributed by atoms with Crippen molar-refractivity contribution in [2.75, 3.05) is 50.0 Å². The summed E-state index contributed by atoms with van der Waals surface area (Å²) in [4.78, 5) is 7.74. The van der Waals surface area contributed by atoms with E-state index in [0.29, 0.717) is 19.0 Å². The summed E-state index contributed by atoms with van der Waals surface area (Å²) in [7, 11) is -3.22. The van der Waals surface area contributed by atoms with E-state index in [1.165, 1.54) is 10.9 Å². The molecule has 1 aromatic carbocycles. The number of aromatic nitrogens is 1. The summed E-state index contributed by atoms with van der Waals surface area (Å²) in [6.07, 6.45) is 2.90. The van der Waals surface area contributed by atoms with Crippen LogP contribution >= 0.6 is 11.8 Å². The standard InChI is InChI=1S/C19H29N5O2S2/c1-2-20-19(22-9-14-28(25,26)24-10-12-27-13-11-24)21-8-7-16-15-23-18-6-4-3-5-17(16)18/h3-6,15,23H,2,7-14H2,1H3,(H2,20,21,22). The van der Waals surface area contributed by atoms with Crippen LogP contribution in [-0.4, -0.2) is 73.6 Å². The molecular weight excluding hydrogens is 394 g/mol. The largest absolute Gasteiger partial charge is 0.361 e. The Balaban J connectivity index is 1.51. The smallest absolute Gasteiger partial charge is 0.215 e. The molecule has 0 aliphatic carbocycles. The van der Waals surface area contributed by atoms with Crippen LogP contribution < -0.4 is 10.6 Å². The van der Waals surface area contributed by atoms with Crippen molar-refractivity contribution in [1.82, 2.24) is 19.9 Å². The summed E-state index contributed by atoms with van der Waals surface area (Å²) in [5.41, 5.74) is 2.39. The minimum Gasteiger partial charge on any atom is -0.361 e. The van der Waals surface area contributed by atoms with E-state index < -0.39 is 10.0 Å². The number of benzene rings is 1. The van der Waals surface area contributed by atoms with Crippen LogP contribution in [-0.2, 0) is 16.4 Å². The number of aliphatic imine (C=N–C) groups is 1. The first-order valence-corrected chi connectivity index (χ1v) is 12.5. The molecule has 0 amide bonds. The van der Waals surface area contributed by atoms with Crippen LogP contribution in [0.1, 0.15) is 12.5 Å². The second-order valence-electron chi connectivity index (χ2n) is 6.62. The number of rotatable bonds is 8. The van der Waals surface area contributed by atoms with Crippen molar-refractivity contribution in [1.29, 1.82) is 0 Å². The average Bonchev–Trinajstić information content (AvgIpc) is 3.12. The van der Waals surface area contributed by atoms with E-state index >= 15 is 0 Å². The summed E-state index contributed by atoms with van der Waals surface area (Å²) < 4.78 is 26.4. The molecule has 0 atom stereocenters. The van der Waals surface area contributed by atoms with Gasteiger partial charge in [-0.3, -0.25) is 4.99 Å². The fourth-order valence-electron chi connectivity index (χ4n) is 3.22. The van der Waals surface area contributed by atoms with Gasteiger partial charge in [-0.05, 0) is 25.0 Å². The Labute approximate surface area is 171 Å². The Hall–Kier alpha value is -1.71. The van der Waals surface area contributed by atoms with E-state index in [0.717, 1.165) is 36.5 Å². The molecule has 2 aromatic rings. The van der Waals surface area contributed by atoms with Gasteiger partial charge in [-0.1, -0.05) is 18.2 Å². The number of thioether (sulfide) groups is 1. The first-order valence-electron chi connectivity index (χ1n) is 9.73. The fourth-order valence-corrected chi connectivity index (χ4v) is 5.68. The summed E-state index contributed by atoms with van der Waals surface area (Å²) >= 11 is 1.80. The maximum absolute atomic E-state index is 12.4. The number of hydrogen-bond acceptors (Lipinski definition) is 4. The third kappa shape index (κ3) is 5.65. The predicted molar refractivity (Wildman–Crippen MR) is 119 cm³/mol. The number of para-hydroxylation sites is 1. The SMILES string of the molecule is CCNC(=NCCS(=O)(=O)N1CCSCC1)NCCc1c[nH]c2ccccc12. The Morgan fingerprint density at radius 3 is 2.82 bits per heavy atom. The van der Waals surface area contributed by atoms with Crippen LogP contribution in [0, 0.1) is 0 Å². The number of fused-ring (bicyclic) bond motifs is 1. The molecule has 1 saturated heterocycles. The van der Waals surface area contributed by atoms with Gasteiger partial charge in [-0.15, -0.1) is 0 Å². The first-order chi connectivity index (χ1) is 13.6.